The second kappa shape index (κ2) is 5.64. The van der Waals surface area contributed by atoms with Crippen molar-refractivity contribution in [2.45, 2.75) is 70.4 Å². The third-order valence-corrected chi connectivity index (χ3v) is 6.50. The zero-order valence-corrected chi connectivity index (χ0v) is 14.3. The Hall–Kier alpha value is -0.240. The van der Waals surface area contributed by atoms with Crippen LogP contribution in [0.15, 0.2) is 0 Å². The van der Waals surface area contributed by atoms with E-state index < -0.39 is 17.7 Å². The Morgan fingerprint density at radius 1 is 1.13 bits per heavy atom. The summed E-state index contributed by atoms with van der Waals surface area (Å²) in [5, 5.41) is 0. The molecule has 5 fully saturated rings. The molecule has 0 amide bonds. The summed E-state index contributed by atoms with van der Waals surface area (Å²) in [6.07, 6.45) is 3.46. The fourth-order valence-corrected chi connectivity index (χ4v) is 5.25. The Balaban J connectivity index is 1.70. The van der Waals surface area contributed by atoms with Crippen LogP contribution in [0.2, 0.25) is 0 Å². The van der Waals surface area contributed by atoms with Crippen molar-refractivity contribution >= 4 is 0 Å². The minimum Gasteiger partial charge on any atom is -0.351 e. The van der Waals surface area contributed by atoms with Gasteiger partial charge in [-0.25, -0.2) is 9.78 Å². The molecule has 1 spiro atoms. The molecule has 0 aromatic carbocycles. The van der Waals surface area contributed by atoms with E-state index >= 15 is 0 Å². The molecular weight excluding hydrogens is 298 g/mol. The highest BCUT2D eigenvalue weighted by Crippen LogP contribution is 2.60. The van der Waals surface area contributed by atoms with Crippen LogP contribution in [0.25, 0.3) is 0 Å². The van der Waals surface area contributed by atoms with Crippen LogP contribution in [0.3, 0.4) is 0 Å². The van der Waals surface area contributed by atoms with Gasteiger partial charge in [-0.2, -0.15) is 0 Å². The third kappa shape index (κ3) is 2.30. The number of fused-ring (bicyclic) bond motifs is 2. The van der Waals surface area contributed by atoms with Gasteiger partial charge in [0.1, 0.15) is 0 Å². The summed E-state index contributed by atoms with van der Waals surface area (Å²) in [5.41, 5.74) is 5.09. The van der Waals surface area contributed by atoms with E-state index in [1.165, 1.54) is 6.42 Å². The summed E-state index contributed by atoms with van der Waals surface area (Å²) in [5.74, 6) is 0.791. The Labute approximate surface area is 137 Å². The zero-order chi connectivity index (χ0) is 16.2. The van der Waals surface area contributed by atoms with Gasteiger partial charge in [-0.1, -0.05) is 13.8 Å². The first-order chi connectivity index (χ1) is 11.0. The molecule has 5 aliphatic rings. The maximum Gasteiger partial charge on any atom is 0.201 e. The van der Waals surface area contributed by atoms with Crippen molar-refractivity contribution in [2.24, 2.45) is 29.4 Å². The van der Waals surface area contributed by atoms with Gasteiger partial charge in [-0.15, -0.1) is 0 Å². The molecule has 2 bridgehead atoms. The van der Waals surface area contributed by atoms with Crippen LogP contribution in [0.1, 0.15) is 46.5 Å². The van der Waals surface area contributed by atoms with Gasteiger partial charge < -0.3 is 19.9 Å². The van der Waals surface area contributed by atoms with Gasteiger partial charge in [0.25, 0.3) is 0 Å². The Kier molecular flexibility index (Phi) is 3.99. The number of ether oxygens (including phenoxy) is 3. The quantitative estimate of drug-likeness (QED) is 0.801. The molecule has 1 unspecified atom stereocenters. The Morgan fingerprint density at radius 2 is 1.96 bits per heavy atom. The fourth-order valence-electron chi connectivity index (χ4n) is 5.25. The number of nitrogens with two attached hydrogens (primary N) is 1. The summed E-state index contributed by atoms with van der Waals surface area (Å²) in [6.45, 7) is 7.43. The average molecular weight is 327 g/mol. The molecular formula is C17H29NO5. The third-order valence-electron chi connectivity index (χ3n) is 6.50. The van der Waals surface area contributed by atoms with Crippen molar-refractivity contribution in [1.29, 1.82) is 0 Å². The summed E-state index contributed by atoms with van der Waals surface area (Å²) in [7, 11) is 0. The van der Waals surface area contributed by atoms with Gasteiger partial charge in [0.15, 0.2) is 18.2 Å². The molecule has 6 heteroatoms. The molecule has 5 rings (SSSR count). The highest BCUT2D eigenvalue weighted by molar-refractivity contribution is 5.09. The molecule has 0 aromatic rings. The van der Waals surface area contributed by atoms with E-state index in [0.717, 1.165) is 19.3 Å². The first-order valence-electron chi connectivity index (χ1n) is 9.02. The summed E-state index contributed by atoms with van der Waals surface area (Å²) in [6, 6.07) is 0. The van der Waals surface area contributed by atoms with Crippen LogP contribution in [-0.4, -0.2) is 37.1 Å². The van der Waals surface area contributed by atoms with Crippen molar-refractivity contribution in [3.63, 3.8) is 0 Å². The van der Waals surface area contributed by atoms with Crippen molar-refractivity contribution in [1.82, 2.24) is 0 Å². The molecule has 4 aliphatic heterocycles. The first kappa shape index (κ1) is 16.2. The lowest BCUT2D eigenvalue weighted by atomic mass is 9.58. The molecule has 4 heterocycles. The van der Waals surface area contributed by atoms with E-state index in [1.54, 1.807) is 0 Å². The highest BCUT2D eigenvalue weighted by Gasteiger charge is 2.69. The molecule has 8 atom stereocenters. The van der Waals surface area contributed by atoms with Crippen LogP contribution < -0.4 is 5.73 Å². The lowest BCUT2D eigenvalue weighted by molar-refractivity contribution is -0.577. The molecule has 132 valence electrons. The van der Waals surface area contributed by atoms with E-state index in [2.05, 4.69) is 13.8 Å². The second-order valence-corrected chi connectivity index (χ2v) is 7.93. The van der Waals surface area contributed by atoms with Crippen molar-refractivity contribution in [2.75, 3.05) is 13.2 Å². The standard InChI is InChI=1S/C17H29NO5/c1-10-4-5-13-11(2)14(19-9-8-18)20-15-17(13)12(10)6-7-16(3,21-15)22-23-17/h10-15H,4-9,18H2,1-3H3/t10-,11-,12+,13+,14+,15-,16?,17-/m1/s1. The monoisotopic (exact) mass is 327 g/mol. The van der Waals surface area contributed by atoms with Crippen molar-refractivity contribution < 1.29 is 24.0 Å². The van der Waals surface area contributed by atoms with Crippen LogP contribution in [0.5, 0.6) is 0 Å². The normalized spacial score (nSPS) is 55.3. The van der Waals surface area contributed by atoms with E-state index in [4.69, 9.17) is 29.7 Å². The van der Waals surface area contributed by atoms with Crippen LogP contribution >= 0.6 is 0 Å². The maximum atomic E-state index is 6.26. The first-order valence-corrected chi connectivity index (χ1v) is 9.02. The van der Waals surface area contributed by atoms with Crippen LogP contribution in [0, 0.1) is 23.7 Å². The predicted octanol–water partition coefficient (Wildman–Crippen LogP) is 2.17. The fraction of sp³-hybridized carbons (Fsp3) is 1.00. The van der Waals surface area contributed by atoms with E-state index in [9.17, 15) is 0 Å². The maximum absolute atomic E-state index is 6.26. The Bertz CT molecular complexity index is 462. The summed E-state index contributed by atoms with van der Waals surface area (Å²) < 4.78 is 18.4. The van der Waals surface area contributed by atoms with Gasteiger partial charge in [-0.3, -0.25) is 0 Å². The second-order valence-electron chi connectivity index (χ2n) is 7.93. The summed E-state index contributed by atoms with van der Waals surface area (Å²) >= 11 is 0. The van der Waals surface area contributed by atoms with Crippen LogP contribution in [0.4, 0.5) is 0 Å². The van der Waals surface area contributed by atoms with Crippen molar-refractivity contribution in [3.8, 4) is 0 Å². The largest absolute Gasteiger partial charge is 0.351 e. The molecule has 0 aromatic heterocycles. The smallest absolute Gasteiger partial charge is 0.201 e. The zero-order valence-electron chi connectivity index (χ0n) is 14.3. The predicted molar refractivity (Wildman–Crippen MR) is 81.8 cm³/mol. The van der Waals surface area contributed by atoms with Gasteiger partial charge >= 0.3 is 0 Å². The minimum absolute atomic E-state index is 0.224. The van der Waals surface area contributed by atoms with Gasteiger partial charge in [0, 0.05) is 24.8 Å². The molecule has 0 radical (unpaired) electrons. The number of rotatable bonds is 3. The average Bonchev–Trinajstić information content (AvgIpc) is 2.76. The van der Waals surface area contributed by atoms with Gasteiger partial charge in [0.05, 0.1) is 6.61 Å². The number of hydrogen-bond acceptors (Lipinski definition) is 6. The minimum atomic E-state index is -0.726. The molecule has 6 nitrogen and oxygen atoms in total. The lowest BCUT2D eigenvalue weighted by Crippen LogP contribution is -2.70. The molecule has 2 N–H and O–H groups in total. The SMILES string of the molecule is C[C@H]1[C@@H](OCCN)O[C@@H]2OC3(C)CC[C@H]4[C@H](C)CC[C@@H]1[C@@]24OO3. The van der Waals surface area contributed by atoms with E-state index in [0.29, 0.717) is 30.9 Å². The molecule has 1 saturated carbocycles. The van der Waals surface area contributed by atoms with Gasteiger partial charge in [-0.05, 0) is 38.0 Å². The van der Waals surface area contributed by atoms with Crippen LogP contribution in [-0.2, 0) is 24.0 Å². The lowest BCUT2D eigenvalue weighted by Gasteiger charge is -2.60. The summed E-state index contributed by atoms with van der Waals surface area (Å²) in [4.78, 5) is 11.9. The van der Waals surface area contributed by atoms with Gasteiger partial charge in [0.2, 0.25) is 5.79 Å². The number of hydrogen-bond donors (Lipinski definition) is 1. The topological polar surface area (TPSA) is 72.2 Å². The molecule has 1 aliphatic carbocycles. The Morgan fingerprint density at radius 3 is 2.74 bits per heavy atom. The molecule has 4 saturated heterocycles. The van der Waals surface area contributed by atoms with E-state index in [-0.39, 0.29) is 12.2 Å². The molecule has 23 heavy (non-hydrogen) atoms. The van der Waals surface area contributed by atoms with Crippen molar-refractivity contribution in [3.05, 3.63) is 0 Å². The highest BCUT2D eigenvalue weighted by atomic mass is 17.3. The van der Waals surface area contributed by atoms with E-state index in [1.807, 2.05) is 6.92 Å².